The number of aryl methyl sites for hydroxylation is 2. The molecule has 0 atom stereocenters. The highest BCUT2D eigenvalue weighted by Crippen LogP contribution is 2.29. The Bertz CT molecular complexity index is 593. The van der Waals surface area contributed by atoms with Crippen molar-refractivity contribution in [2.75, 3.05) is 5.32 Å². The Morgan fingerprint density at radius 2 is 2.39 bits per heavy atom. The number of halogens is 1. The molecule has 0 saturated heterocycles. The fourth-order valence-corrected chi connectivity index (χ4v) is 3.11. The number of hydrogen-bond donors (Lipinski definition) is 1. The van der Waals surface area contributed by atoms with Crippen molar-refractivity contribution in [2.45, 2.75) is 13.5 Å². The minimum absolute atomic E-state index is 0.0326. The quantitative estimate of drug-likeness (QED) is 0.690. The zero-order valence-electron chi connectivity index (χ0n) is 9.81. The molecule has 2 aromatic rings. The van der Waals surface area contributed by atoms with Gasteiger partial charge >= 0.3 is 5.69 Å². The first-order valence-corrected chi connectivity index (χ1v) is 6.81. The largest absolute Gasteiger partial charge is 0.360 e. The van der Waals surface area contributed by atoms with Crippen molar-refractivity contribution in [3.8, 4) is 0 Å². The van der Waals surface area contributed by atoms with Crippen molar-refractivity contribution in [1.82, 2.24) is 9.78 Å². The van der Waals surface area contributed by atoms with Crippen molar-refractivity contribution in [3.05, 3.63) is 36.6 Å². The van der Waals surface area contributed by atoms with Crippen molar-refractivity contribution in [2.24, 2.45) is 7.05 Å². The molecule has 0 aliphatic carbocycles. The summed E-state index contributed by atoms with van der Waals surface area (Å²) in [6.45, 7) is 2.16. The highest BCUT2D eigenvalue weighted by molar-refractivity contribution is 9.10. The van der Waals surface area contributed by atoms with Gasteiger partial charge < -0.3 is 5.32 Å². The fraction of sp³-hybridized carbons (Fsp3) is 0.300. The average molecular weight is 331 g/mol. The SMILES string of the molecule is Cc1nn(C)c(NCc2sccc2Br)c1[N+](=O)[O-]. The molecule has 0 aromatic carbocycles. The molecule has 2 aromatic heterocycles. The van der Waals surface area contributed by atoms with Crippen LogP contribution in [0.25, 0.3) is 0 Å². The molecule has 0 bridgehead atoms. The summed E-state index contributed by atoms with van der Waals surface area (Å²) in [5.74, 6) is 0.429. The second-order valence-corrected chi connectivity index (χ2v) is 5.56. The third-order valence-electron chi connectivity index (χ3n) is 2.48. The maximum Gasteiger partial charge on any atom is 0.333 e. The van der Waals surface area contributed by atoms with E-state index in [9.17, 15) is 10.1 Å². The topological polar surface area (TPSA) is 73.0 Å². The van der Waals surface area contributed by atoms with Crippen LogP contribution in [-0.2, 0) is 13.6 Å². The molecular weight excluding hydrogens is 320 g/mol. The summed E-state index contributed by atoms with van der Waals surface area (Å²) < 4.78 is 2.50. The number of hydrogen-bond acceptors (Lipinski definition) is 5. The molecule has 2 rings (SSSR count). The molecule has 0 radical (unpaired) electrons. The van der Waals surface area contributed by atoms with E-state index in [0.29, 0.717) is 18.1 Å². The molecule has 96 valence electrons. The summed E-state index contributed by atoms with van der Waals surface area (Å²) in [5.41, 5.74) is 0.445. The van der Waals surface area contributed by atoms with Gasteiger partial charge in [0.05, 0.1) is 11.5 Å². The minimum atomic E-state index is -0.409. The van der Waals surface area contributed by atoms with Gasteiger partial charge in [-0.15, -0.1) is 11.3 Å². The van der Waals surface area contributed by atoms with Gasteiger partial charge in [-0.05, 0) is 34.3 Å². The van der Waals surface area contributed by atoms with Gasteiger partial charge in [-0.25, -0.2) is 4.68 Å². The first kappa shape index (κ1) is 13.0. The van der Waals surface area contributed by atoms with Gasteiger partial charge in [-0.3, -0.25) is 10.1 Å². The lowest BCUT2D eigenvalue weighted by Gasteiger charge is -2.05. The Balaban J connectivity index is 2.24. The van der Waals surface area contributed by atoms with E-state index < -0.39 is 4.92 Å². The highest BCUT2D eigenvalue weighted by Gasteiger charge is 2.23. The van der Waals surface area contributed by atoms with Crippen LogP contribution in [0.4, 0.5) is 11.5 Å². The molecule has 1 N–H and O–H groups in total. The average Bonchev–Trinajstić information content (AvgIpc) is 2.79. The third kappa shape index (κ3) is 2.39. The van der Waals surface area contributed by atoms with Crippen LogP contribution in [0.3, 0.4) is 0 Å². The van der Waals surface area contributed by atoms with Crippen molar-refractivity contribution >= 4 is 38.8 Å². The van der Waals surface area contributed by atoms with Gasteiger partial charge in [0.15, 0.2) is 0 Å². The zero-order chi connectivity index (χ0) is 13.3. The maximum absolute atomic E-state index is 11.0. The van der Waals surface area contributed by atoms with E-state index in [1.807, 2.05) is 11.4 Å². The molecule has 6 nitrogen and oxygen atoms in total. The number of nitrogens with one attached hydrogen (secondary N) is 1. The summed E-state index contributed by atoms with van der Waals surface area (Å²) in [6, 6.07) is 1.95. The van der Waals surface area contributed by atoms with Gasteiger partial charge in [-0.2, -0.15) is 5.10 Å². The smallest absolute Gasteiger partial charge is 0.333 e. The molecule has 0 saturated carbocycles. The van der Waals surface area contributed by atoms with E-state index >= 15 is 0 Å². The number of thiophene rings is 1. The lowest BCUT2D eigenvalue weighted by molar-refractivity contribution is -0.384. The van der Waals surface area contributed by atoms with Crippen LogP contribution in [-0.4, -0.2) is 14.7 Å². The number of rotatable bonds is 4. The van der Waals surface area contributed by atoms with Crippen LogP contribution in [0.5, 0.6) is 0 Å². The van der Waals surface area contributed by atoms with Crippen molar-refractivity contribution < 1.29 is 4.92 Å². The summed E-state index contributed by atoms with van der Waals surface area (Å²) in [6.07, 6.45) is 0. The van der Waals surface area contributed by atoms with Crippen LogP contribution in [0.15, 0.2) is 15.9 Å². The van der Waals surface area contributed by atoms with E-state index in [-0.39, 0.29) is 5.69 Å². The molecule has 0 aliphatic heterocycles. The summed E-state index contributed by atoms with van der Waals surface area (Å²) in [7, 11) is 1.69. The van der Waals surface area contributed by atoms with Crippen LogP contribution >= 0.6 is 27.3 Å². The minimum Gasteiger partial charge on any atom is -0.360 e. The van der Waals surface area contributed by atoms with Gasteiger partial charge in [0, 0.05) is 16.4 Å². The van der Waals surface area contributed by atoms with E-state index in [4.69, 9.17) is 0 Å². The first-order chi connectivity index (χ1) is 8.50. The van der Waals surface area contributed by atoms with E-state index in [0.717, 1.165) is 9.35 Å². The molecular formula is C10H11BrN4O2S. The number of anilines is 1. The molecule has 0 spiro atoms. The lowest BCUT2D eigenvalue weighted by atomic mass is 10.3. The Kier molecular flexibility index (Phi) is 3.67. The molecule has 18 heavy (non-hydrogen) atoms. The zero-order valence-corrected chi connectivity index (χ0v) is 12.2. The Morgan fingerprint density at radius 3 is 2.94 bits per heavy atom. The second-order valence-electron chi connectivity index (χ2n) is 3.71. The summed E-state index contributed by atoms with van der Waals surface area (Å²) >= 11 is 5.01. The first-order valence-electron chi connectivity index (χ1n) is 5.14. The normalized spacial score (nSPS) is 10.6. The Labute approximate surface area is 116 Å². The molecule has 0 unspecified atom stereocenters. The monoisotopic (exact) mass is 330 g/mol. The number of aromatic nitrogens is 2. The molecule has 0 aliphatic rings. The van der Waals surface area contributed by atoms with Crippen molar-refractivity contribution in [3.63, 3.8) is 0 Å². The standard InChI is InChI=1S/C10H11BrN4O2S/c1-6-9(15(16)17)10(14(2)13-6)12-5-8-7(11)3-4-18-8/h3-4,12H,5H2,1-2H3. The van der Waals surface area contributed by atoms with Crippen LogP contribution in [0.2, 0.25) is 0 Å². The maximum atomic E-state index is 11.0. The van der Waals surface area contributed by atoms with Crippen molar-refractivity contribution in [1.29, 1.82) is 0 Å². The van der Waals surface area contributed by atoms with E-state index in [1.54, 1.807) is 25.3 Å². The van der Waals surface area contributed by atoms with Gasteiger partial charge in [0.2, 0.25) is 5.82 Å². The predicted molar refractivity (Wildman–Crippen MR) is 73.9 cm³/mol. The number of nitro groups is 1. The lowest BCUT2D eigenvalue weighted by Crippen LogP contribution is -2.05. The van der Waals surface area contributed by atoms with Crippen LogP contribution in [0, 0.1) is 17.0 Å². The summed E-state index contributed by atoms with van der Waals surface area (Å²) in [5, 5.41) is 20.1. The predicted octanol–water partition coefficient (Wildman–Crippen LogP) is 3.07. The van der Waals surface area contributed by atoms with Crippen LogP contribution in [0.1, 0.15) is 10.6 Å². The molecule has 2 heterocycles. The summed E-state index contributed by atoms with van der Waals surface area (Å²) in [4.78, 5) is 11.7. The molecule has 8 heteroatoms. The van der Waals surface area contributed by atoms with E-state index in [1.165, 1.54) is 4.68 Å². The van der Waals surface area contributed by atoms with E-state index in [2.05, 4.69) is 26.3 Å². The third-order valence-corrected chi connectivity index (χ3v) is 4.41. The molecule has 0 fully saturated rings. The Hall–Kier alpha value is -1.41. The van der Waals surface area contributed by atoms with Gasteiger partial charge in [-0.1, -0.05) is 0 Å². The van der Waals surface area contributed by atoms with Gasteiger partial charge in [0.25, 0.3) is 0 Å². The Morgan fingerprint density at radius 1 is 1.67 bits per heavy atom. The number of nitrogens with zero attached hydrogens (tertiary/aromatic N) is 3. The van der Waals surface area contributed by atoms with Crippen LogP contribution < -0.4 is 5.32 Å². The van der Waals surface area contributed by atoms with Gasteiger partial charge in [0.1, 0.15) is 5.69 Å². The fourth-order valence-electron chi connectivity index (χ4n) is 1.68. The second kappa shape index (κ2) is 5.07. The highest BCUT2D eigenvalue weighted by atomic mass is 79.9. The molecule has 0 amide bonds.